The van der Waals surface area contributed by atoms with Crippen LogP contribution in [0.2, 0.25) is 0 Å². The first-order valence-corrected chi connectivity index (χ1v) is 7.02. The summed E-state index contributed by atoms with van der Waals surface area (Å²) in [6, 6.07) is 0. The van der Waals surface area contributed by atoms with E-state index in [2.05, 4.69) is 13.8 Å². The van der Waals surface area contributed by atoms with Gasteiger partial charge in [0.2, 0.25) is 0 Å². The van der Waals surface area contributed by atoms with Gasteiger partial charge in [0.05, 0.1) is 11.2 Å². The van der Waals surface area contributed by atoms with Gasteiger partial charge in [0, 0.05) is 24.2 Å². The van der Waals surface area contributed by atoms with E-state index in [1.807, 2.05) is 13.8 Å². The highest BCUT2D eigenvalue weighted by molar-refractivity contribution is 5.86. The van der Waals surface area contributed by atoms with E-state index in [4.69, 9.17) is 0 Å². The van der Waals surface area contributed by atoms with Crippen LogP contribution in [0, 0.1) is 22.7 Å². The smallest absolute Gasteiger partial charge is 0.139 e. The van der Waals surface area contributed by atoms with E-state index < -0.39 is 16.6 Å². The molecule has 3 nitrogen and oxygen atoms in total. The van der Waals surface area contributed by atoms with Crippen LogP contribution in [0.3, 0.4) is 0 Å². The van der Waals surface area contributed by atoms with Gasteiger partial charge in [0.15, 0.2) is 0 Å². The first kappa shape index (κ1) is 12.6. The molecule has 3 rings (SSSR count). The van der Waals surface area contributed by atoms with Gasteiger partial charge in [-0.25, -0.2) is 0 Å². The number of aliphatic hydroxyl groups is 2. The number of carbonyl (C=O) groups is 1. The summed E-state index contributed by atoms with van der Waals surface area (Å²) in [5.41, 5.74) is -2.11. The minimum Gasteiger partial charge on any atom is -0.389 e. The fourth-order valence-corrected chi connectivity index (χ4v) is 5.48. The lowest BCUT2D eigenvalue weighted by Gasteiger charge is -2.40. The molecule has 102 valence electrons. The van der Waals surface area contributed by atoms with Crippen molar-refractivity contribution in [1.29, 1.82) is 0 Å². The second kappa shape index (κ2) is 3.01. The SMILES string of the molecule is CC1C(=O)CC2(O)CC3(O)CC(C)(C)CC3C12C. The van der Waals surface area contributed by atoms with Gasteiger partial charge in [-0.1, -0.05) is 27.7 Å². The van der Waals surface area contributed by atoms with E-state index in [-0.39, 0.29) is 29.5 Å². The van der Waals surface area contributed by atoms with Crippen LogP contribution >= 0.6 is 0 Å². The molecular formula is C15H24O3. The number of carbonyl (C=O) groups excluding carboxylic acids is 1. The molecule has 5 unspecified atom stereocenters. The largest absolute Gasteiger partial charge is 0.389 e. The average molecular weight is 252 g/mol. The van der Waals surface area contributed by atoms with Gasteiger partial charge in [0.1, 0.15) is 5.78 Å². The maximum atomic E-state index is 12.0. The lowest BCUT2D eigenvalue weighted by molar-refractivity contribution is -0.123. The summed E-state index contributed by atoms with van der Waals surface area (Å²) in [5, 5.41) is 21.8. The Morgan fingerprint density at radius 2 is 1.78 bits per heavy atom. The molecule has 0 spiro atoms. The molecule has 0 aromatic heterocycles. The topological polar surface area (TPSA) is 57.5 Å². The van der Waals surface area contributed by atoms with Crippen LogP contribution in [0.25, 0.3) is 0 Å². The van der Waals surface area contributed by atoms with E-state index in [0.717, 1.165) is 12.8 Å². The molecule has 0 aromatic carbocycles. The molecule has 3 aliphatic rings. The van der Waals surface area contributed by atoms with Gasteiger partial charge < -0.3 is 10.2 Å². The fourth-order valence-electron chi connectivity index (χ4n) is 5.48. The van der Waals surface area contributed by atoms with Crippen molar-refractivity contribution >= 4 is 5.78 Å². The van der Waals surface area contributed by atoms with Gasteiger partial charge in [-0.05, 0) is 24.2 Å². The van der Waals surface area contributed by atoms with Crippen LogP contribution in [-0.2, 0) is 4.79 Å². The third-order valence-electron chi connectivity index (χ3n) is 6.36. The van der Waals surface area contributed by atoms with Crippen molar-refractivity contribution in [2.24, 2.45) is 22.7 Å². The predicted octanol–water partition coefficient (Wildman–Crippen LogP) is 1.90. The molecule has 3 saturated carbocycles. The lowest BCUT2D eigenvalue weighted by atomic mass is 9.66. The van der Waals surface area contributed by atoms with E-state index in [1.54, 1.807) is 0 Å². The number of hydrogen-bond acceptors (Lipinski definition) is 3. The van der Waals surface area contributed by atoms with Crippen LogP contribution in [-0.4, -0.2) is 27.2 Å². The van der Waals surface area contributed by atoms with E-state index in [9.17, 15) is 15.0 Å². The highest BCUT2D eigenvalue weighted by Crippen LogP contribution is 2.71. The van der Waals surface area contributed by atoms with Crippen LogP contribution in [0.4, 0.5) is 0 Å². The highest BCUT2D eigenvalue weighted by atomic mass is 16.3. The average Bonchev–Trinajstić information content (AvgIpc) is 2.57. The zero-order valence-corrected chi connectivity index (χ0v) is 11.8. The Balaban J connectivity index is 2.09. The molecule has 18 heavy (non-hydrogen) atoms. The minimum atomic E-state index is -0.987. The van der Waals surface area contributed by atoms with Crippen LogP contribution in [0.5, 0.6) is 0 Å². The Kier molecular flexibility index (Phi) is 2.11. The summed E-state index contributed by atoms with van der Waals surface area (Å²) in [7, 11) is 0. The summed E-state index contributed by atoms with van der Waals surface area (Å²) < 4.78 is 0. The predicted molar refractivity (Wildman–Crippen MR) is 67.9 cm³/mol. The summed E-state index contributed by atoms with van der Waals surface area (Å²) in [4.78, 5) is 12.0. The molecule has 0 aromatic rings. The van der Waals surface area contributed by atoms with E-state index in [0.29, 0.717) is 6.42 Å². The lowest BCUT2D eigenvalue weighted by Crippen LogP contribution is -2.44. The molecule has 5 atom stereocenters. The summed E-state index contributed by atoms with van der Waals surface area (Å²) in [6.07, 6.45) is 2.24. The monoisotopic (exact) mass is 252 g/mol. The van der Waals surface area contributed by atoms with Crippen LogP contribution < -0.4 is 0 Å². The second-order valence-electron chi connectivity index (χ2n) is 8.06. The van der Waals surface area contributed by atoms with Crippen molar-refractivity contribution in [2.75, 3.05) is 0 Å². The molecule has 0 saturated heterocycles. The van der Waals surface area contributed by atoms with Crippen molar-refractivity contribution in [3.05, 3.63) is 0 Å². The Labute approximate surface area is 109 Å². The molecule has 0 heterocycles. The maximum Gasteiger partial charge on any atom is 0.139 e. The number of hydrogen-bond donors (Lipinski definition) is 2. The molecule has 0 aliphatic heterocycles. The fraction of sp³-hybridized carbons (Fsp3) is 0.933. The molecule has 0 bridgehead atoms. The van der Waals surface area contributed by atoms with Gasteiger partial charge in [-0.3, -0.25) is 4.79 Å². The Bertz CT molecular complexity index is 429. The number of fused-ring (bicyclic) bond motifs is 3. The first-order valence-electron chi connectivity index (χ1n) is 7.02. The van der Waals surface area contributed by atoms with Crippen molar-refractivity contribution in [2.45, 2.75) is 64.6 Å². The zero-order chi connectivity index (χ0) is 13.6. The molecule has 3 heteroatoms. The maximum absolute atomic E-state index is 12.0. The molecule has 0 radical (unpaired) electrons. The zero-order valence-electron chi connectivity index (χ0n) is 11.8. The number of Topliss-reactive ketones (excluding diaryl/α,β-unsaturated/α-hetero) is 1. The standard InChI is InChI=1S/C15H24O3/c1-9-10(16)5-15(18)8-14(17)7-12(2,3)6-11(14)13(9,15)4/h9,11,17-18H,5-8H2,1-4H3. The third kappa shape index (κ3) is 1.20. The molecule has 3 fully saturated rings. The number of rotatable bonds is 0. The molecule has 2 N–H and O–H groups in total. The quantitative estimate of drug-likeness (QED) is 0.692. The van der Waals surface area contributed by atoms with Crippen molar-refractivity contribution in [3.8, 4) is 0 Å². The van der Waals surface area contributed by atoms with Crippen molar-refractivity contribution < 1.29 is 15.0 Å². The summed E-state index contributed by atoms with van der Waals surface area (Å²) >= 11 is 0. The van der Waals surface area contributed by atoms with Crippen molar-refractivity contribution in [3.63, 3.8) is 0 Å². The Morgan fingerprint density at radius 1 is 1.17 bits per heavy atom. The third-order valence-corrected chi connectivity index (χ3v) is 6.36. The molecule has 3 aliphatic carbocycles. The van der Waals surface area contributed by atoms with Crippen molar-refractivity contribution in [1.82, 2.24) is 0 Å². The van der Waals surface area contributed by atoms with E-state index >= 15 is 0 Å². The number of ketones is 1. The Morgan fingerprint density at radius 3 is 2.39 bits per heavy atom. The van der Waals surface area contributed by atoms with Gasteiger partial charge in [-0.15, -0.1) is 0 Å². The minimum absolute atomic E-state index is 0.0476. The summed E-state index contributed by atoms with van der Waals surface area (Å²) in [5.74, 6) is 0.0635. The molecule has 0 amide bonds. The Hall–Kier alpha value is -0.410. The van der Waals surface area contributed by atoms with Crippen LogP contribution in [0.1, 0.15) is 53.4 Å². The van der Waals surface area contributed by atoms with Crippen LogP contribution in [0.15, 0.2) is 0 Å². The second-order valence-corrected chi connectivity index (χ2v) is 8.06. The first-order chi connectivity index (χ1) is 8.04. The highest BCUT2D eigenvalue weighted by Gasteiger charge is 2.75. The van der Waals surface area contributed by atoms with Gasteiger partial charge in [-0.2, -0.15) is 0 Å². The van der Waals surface area contributed by atoms with Gasteiger partial charge in [0.25, 0.3) is 0 Å². The molecular weight excluding hydrogens is 228 g/mol. The van der Waals surface area contributed by atoms with E-state index in [1.165, 1.54) is 0 Å². The van der Waals surface area contributed by atoms with Gasteiger partial charge >= 0.3 is 0 Å². The normalized spacial score (nSPS) is 57.8. The summed E-state index contributed by atoms with van der Waals surface area (Å²) in [6.45, 7) is 8.30.